The molecule has 0 saturated carbocycles. The summed E-state index contributed by atoms with van der Waals surface area (Å²) in [7, 11) is 1.82. The summed E-state index contributed by atoms with van der Waals surface area (Å²) in [5.74, 6) is 2.26. The molecule has 2 fully saturated rings. The summed E-state index contributed by atoms with van der Waals surface area (Å²) in [6.45, 7) is 9.53. The Hall–Kier alpha value is -2.05. The number of aliphatic imine (C=N–C) groups is 1. The Bertz CT molecular complexity index is 649. The minimum Gasteiger partial charge on any atom is -0.361 e. The highest BCUT2D eigenvalue weighted by molar-refractivity contribution is 5.81. The summed E-state index contributed by atoms with van der Waals surface area (Å²) in [6.07, 6.45) is 2.83. The zero-order chi connectivity index (χ0) is 18.0. The van der Waals surface area contributed by atoms with E-state index in [1.807, 2.05) is 20.9 Å². The number of rotatable bonds is 3. The molecule has 2 aliphatic heterocycles. The van der Waals surface area contributed by atoms with Gasteiger partial charge in [-0.05, 0) is 26.7 Å². The van der Waals surface area contributed by atoms with Gasteiger partial charge in [-0.1, -0.05) is 12.1 Å². The average molecular weight is 347 g/mol. The van der Waals surface area contributed by atoms with Crippen molar-refractivity contribution in [3.8, 4) is 0 Å². The van der Waals surface area contributed by atoms with Crippen LogP contribution >= 0.6 is 0 Å². The van der Waals surface area contributed by atoms with Gasteiger partial charge in [0, 0.05) is 56.5 Å². The number of carbonyl (C=O) groups excluding carboxylic acids is 1. The van der Waals surface area contributed by atoms with Crippen molar-refractivity contribution in [3.63, 3.8) is 0 Å². The van der Waals surface area contributed by atoms with Crippen LogP contribution in [0.2, 0.25) is 0 Å². The molecule has 1 aromatic rings. The van der Waals surface area contributed by atoms with Crippen LogP contribution in [0.25, 0.3) is 0 Å². The van der Waals surface area contributed by atoms with Crippen LogP contribution < -0.4 is 10.6 Å². The minimum atomic E-state index is 0.0697. The smallest absolute Gasteiger partial charge is 0.220 e. The Kier molecular flexibility index (Phi) is 5.01. The van der Waals surface area contributed by atoms with Crippen molar-refractivity contribution in [2.45, 2.75) is 46.0 Å². The van der Waals surface area contributed by atoms with E-state index in [1.165, 1.54) is 5.56 Å². The number of hydrogen-bond donors (Lipinski definition) is 2. The van der Waals surface area contributed by atoms with E-state index in [4.69, 9.17) is 4.52 Å². The van der Waals surface area contributed by atoms with Crippen molar-refractivity contribution in [2.75, 3.05) is 33.2 Å². The molecule has 2 unspecified atom stereocenters. The third-order valence-corrected chi connectivity index (χ3v) is 5.52. The molecule has 2 aliphatic rings. The van der Waals surface area contributed by atoms with E-state index in [-0.39, 0.29) is 17.2 Å². The Morgan fingerprint density at radius 3 is 2.92 bits per heavy atom. The van der Waals surface area contributed by atoms with Crippen LogP contribution in [-0.4, -0.2) is 55.2 Å². The molecule has 7 heteroatoms. The predicted molar refractivity (Wildman–Crippen MR) is 96.6 cm³/mol. The maximum absolute atomic E-state index is 11.7. The van der Waals surface area contributed by atoms with Crippen LogP contribution in [0.1, 0.15) is 49.1 Å². The summed E-state index contributed by atoms with van der Waals surface area (Å²) in [6, 6.07) is 0. The first-order chi connectivity index (χ1) is 11.9. The SMILES string of the molecule is CN=C(NCC(C)c1c(C)noc1C)N1CCCC2(CNC(=O)C2)C1. The highest BCUT2D eigenvalue weighted by atomic mass is 16.5. The molecule has 2 N–H and O–H groups in total. The first kappa shape index (κ1) is 17.8. The van der Waals surface area contributed by atoms with Crippen LogP contribution in [0.5, 0.6) is 0 Å². The molecule has 0 aliphatic carbocycles. The van der Waals surface area contributed by atoms with Crippen molar-refractivity contribution >= 4 is 11.9 Å². The molecule has 3 heterocycles. The van der Waals surface area contributed by atoms with Gasteiger partial charge in [0.2, 0.25) is 5.91 Å². The van der Waals surface area contributed by atoms with E-state index in [0.29, 0.717) is 6.42 Å². The lowest BCUT2D eigenvalue weighted by molar-refractivity contribution is -0.119. The molecule has 2 atom stereocenters. The van der Waals surface area contributed by atoms with Gasteiger partial charge in [0.15, 0.2) is 5.96 Å². The number of hydrogen-bond acceptors (Lipinski definition) is 4. The summed E-state index contributed by atoms with van der Waals surface area (Å²) in [4.78, 5) is 18.4. The zero-order valence-corrected chi connectivity index (χ0v) is 15.7. The van der Waals surface area contributed by atoms with Crippen molar-refractivity contribution in [1.82, 2.24) is 20.7 Å². The Balaban J connectivity index is 1.62. The fourth-order valence-electron chi connectivity index (χ4n) is 4.30. The van der Waals surface area contributed by atoms with Gasteiger partial charge in [-0.15, -0.1) is 0 Å². The molecule has 0 aromatic carbocycles. The first-order valence-electron chi connectivity index (χ1n) is 9.09. The number of nitrogens with zero attached hydrogens (tertiary/aromatic N) is 3. The lowest BCUT2D eigenvalue weighted by Crippen LogP contribution is -2.51. The van der Waals surface area contributed by atoms with Crippen molar-refractivity contribution in [3.05, 3.63) is 17.0 Å². The number of guanidine groups is 1. The van der Waals surface area contributed by atoms with Crippen molar-refractivity contribution in [2.24, 2.45) is 10.4 Å². The Morgan fingerprint density at radius 1 is 1.52 bits per heavy atom. The van der Waals surface area contributed by atoms with E-state index in [0.717, 1.165) is 56.4 Å². The number of likely N-dealkylation sites (tertiary alicyclic amines) is 1. The molecule has 0 bridgehead atoms. The first-order valence-corrected chi connectivity index (χ1v) is 9.09. The van der Waals surface area contributed by atoms with E-state index in [9.17, 15) is 4.79 Å². The fourth-order valence-corrected chi connectivity index (χ4v) is 4.30. The van der Waals surface area contributed by atoms with E-state index < -0.39 is 0 Å². The maximum Gasteiger partial charge on any atom is 0.220 e. The van der Waals surface area contributed by atoms with Crippen LogP contribution in [0.4, 0.5) is 0 Å². The number of amides is 1. The molecular weight excluding hydrogens is 318 g/mol. The molecule has 3 rings (SSSR count). The van der Waals surface area contributed by atoms with Gasteiger partial charge in [-0.2, -0.15) is 0 Å². The summed E-state index contributed by atoms with van der Waals surface area (Å²) in [5, 5.41) is 10.5. The van der Waals surface area contributed by atoms with Crippen LogP contribution in [0.3, 0.4) is 0 Å². The van der Waals surface area contributed by atoms with Crippen LogP contribution in [-0.2, 0) is 4.79 Å². The van der Waals surface area contributed by atoms with Crippen molar-refractivity contribution in [1.29, 1.82) is 0 Å². The second-order valence-electron chi connectivity index (χ2n) is 7.55. The maximum atomic E-state index is 11.7. The average Bonchev–Trinajstić information content (AvgIpc) is 3.10. The van der Waals surface area contributed by atoms with Gasteiger partial charge < -0.3 is 20.1 Å². The Labute approximate surface area is 149 Å². The predicted octanol–water partition coefficient (Wildman–Crippen LogP) is 1.57. The zero-order valence-electron chi connectivity index (χ0n) is 15.7. The molecule has 2 saturated heterocycles. The third-order valence-electron chi connectivity index (χ3n) is 5.52. The molecule has 7 nitrogen and oxygen atoms in total. The topological polar surface area (TPSA) is 82.8 Å². The lowest BCUT2D eigenvalue weighted by atomic mass is 9.79. The summed E-state index contributed by atoms with van der Waals surface area (Å²) < 4.78 is 5.28. The molecule has 0 radical (unpaired) electrons. The van der Waals surface area contributed by atoms with Crippen LogP contribution in [0, 0.1) is 19.3 Å². The van der Waals surface area contributed by atoms with Crippen LogP contribution in [0.15, 0.2) is 9.52 Å². The number of carbonyl (C=O) groups is 1. The second-order valence-corrected chi connectivity index (χ2v) is 7.55. The number of aromatic nitrogens is 1. The molecule has 1 amide bonds. The summed E-state index contributed by atoms with van der Waals surface area (Å²) >= 11 is 0. The van der Waals surface area contributed by atoms with Gasteiger partial charge >= 0.3 is 0 Å². The van der Waals surface area contributed by atoms with E-state index >= 15 is 0 Å². The quantitative estimate of drug-likeness (QED) is 0.641. The highest BCUT2D eigenvalue weighted by Gasteiger charge is 2.42. The summed E-state index contributed by atoms with van der Waals surface area (Å²) in [5.41, 5.74) is 2.19. The normalized spacial score (nSPS) is 25.4. The third kappa shape index (κ3) is 3.65. The van der Waals surface area contributed by atoms with Gasteiger partial charge in [0.05, 0.1) is 5.69 Å². The molecule has 138 valence electrons. The number of aryl methyl sites for hydroxylation is 2. The van der Waals surface area contributed by atoms with Gasteiger partial charge in [-0.3, -0.25) is 9.79 Å². The van der Waals surface area contributed by atoms with E-state index in [2.05, 4.69) is 32.6 Å². The molecule has 1 spiro atoms. The Morgan fingerprint density at radius 2 is 2.32 bits per heavy atom. The molecular formula is C18H29N5O2. The van der Waals surface area contributed by atoms with Gasteiger partial charge in [0.25, 0.3) is 0 Å². The van der Waals surface area contributed by atoms with E-state index in [1.54, 1.807) is 0 Å². The molecule has 1 aromatic heterocycles. The highest BCUT2D eigenvalue weighted by Crippen LogP contribution is 2.36. The monoisotopic (exact) mass is 347 g/mol. The number of nitrogens with one attached hydrogen (secondary N) is 2. The molecule has 25 heavy (non-hydrogen) atoms. The second kappa shape index (κ2) is 7.06. The van der Waals surface area contributed by atoms with Gasteiger partial charge in [-0.25, -0.2) is 0 Å². The largest absolute Gasteiger partial charge is 0.361 e. The van der Waals surface area contributed by atoms with Crippen molar-refractivity contribution < 1.29 is 9.32 Å². The number of piperidine rings is 1. The minimum absolute atomic E-state index is 0.0697. The standard InChI is InChI=1S/C18H29N5O2/c1-12(16-13(2)22-25-14(16)3)9-20-17(19-4)23-7-5-6-18(11-23)8-15(24)21-10-18/h12H,5-11H2,1-4H3,(H,19,20)(H,21,24). The lowest BCUT2D eigenvalue weighted by Gasteiger charge is -2.41. The fraction of sp³-hybridized carbons (Fsp3) is 0.722. The van der Waals surface area contributed by atoms with Gasteiger partial charge in [0.1, 0.15) is 5.76 Å².